The van der Waals surface area contributed by atoms with Crippen molar-refractivity contribution in [2.75, 3.05) is 36.7 Å². The van der Waals surface area contributed by atoms with E-state index in [-0.39, 0.29) is 16.3 Å². The molecule has 0 aliphatic carbocycles. The molecular formula is C31H47N3O9S. The number of hydrogen-bond acceptors (Lipinski definition) is 11. The van der Waals surface area contributed by atoms with Gasteiger partial charge in [-0.2, -0.15) is 5.06 Å². The number of aliphatic hydroxyl groups is 5. The number of carbonyl (C=O) groups is 1. The largest absolute Gasteiger partial charge is 0.394 e. The number of rotatable bonds is 14. The van der Waals surface area contributed by atoms with Crippen molar-refractivity contribution in [1.29, 1.82) is 0 Å². The molecule has 0 saturated heterocycles. The second-order valence-electron chi connectivity index (χ2n) is 11.8. The summed E-state index contributed by atoms with van der Waals surface area (Å²) in [6.45, 7) is 3.13. The molecule has 2 aromatic carbocycles. The molecule has 5 atom stereocenters. The first-order valence-corrected chi connectivity index (χ1v) is 16.6. The predicted molar refractivity (Wildman–Crippen MR) is 166 cm³/mol. The highest BCUT2D eigenvalue weighted by Gasteiger charge is 2.48. The molecule has 2 aromatic rings. The summed E-state index contributed by atoms with van der Waals surface area (Å²) >= 11 is 0. The maximum atomic E-state index is 14.0. The average molecular weight is 638 g/mol. The number of aliphatic hydroxyl groups excluding tert-OH is 5. The number of anilines is 2. The fourth-order valence-corrected chi connectivity index (χ4v) is 7.81. The Bertz CT molecular complexity index is 1360. The third kappa shape index (κ3) is 7.77. The fourth-order valence-electron chi connectivity index (χ4n) is 5.73. The van der Waals surface area contributed by atoms with Crippen LogP contribution in [-0.2, 0) is 14.6 Å². The third-order valence-electron chi connectivity index (χ3n) is 8.31. The minimum atomic E-state index is -3.84. The molecule has 0 aromatic heterocycles. The molecule has 12 nitrogen and oxygen atoms in total. The highest BCUT2D eigenvalue weighted by molar-refractivity contribution is 7.91. The zero-order valence-electron chi connectivity index (χ0n) is 25.8. The maximum Gasteiger partial charge on any atom is 0.256 e. The van der Waals surface area contributed by atoms with Crippen LogP contribution < -0.4 is 10.2 Å². The lowest BCUT2D eigenvalue weighted by atomic mass is 9.85. The van der Waals surface area contributed by atoms with Gasteiger partial charge >= 0.3 is 0 Å². The monoisotopic (exact) mass is 637 g/mol. The van der Waals surface area contributed by atoms with E-state index in [2.05, 4.69) is 5.32 Å². The average Bonchev–Trinajstić information content (AvgIpc) is 3.07. The summed E-state index contributed by atoms with van der Waals surface area (Å²) in [6, 6.07) is 10.5. The van der Waals surface area contributed by atoms with E-state index in [0.717, 1.165) is 18.5 Å². The molecule has 0 bridgehead atoms. The number of benzene rings is 2. The first-order chi connectivity index (χ1) is 20.7. The lowest BCUT2D eigenvalue weighted by molar-refractivity contribution is -0.194. The van der Waals surface area contributed by atoms with Crippen LogP contribution in [-0.4, -0.2) is 107 Å². The maximum absolute atomic E-state index is 14.0. The van der Waals surface area contributed by atoms with E-state index < -0.39 is 58.3 Å². The van der Waals surface area contributed by atoms with E-state index in [1.165, 1.54) is 11.1 Å². The van der Waals surface area contributed by atoms with Crippen molar-refractivity contribution < 1.29 is 44.0 Å². The van der Waals surface area contributed by atoms with Gasteiger partial charge in [0.15, 0.2) is 15.9 Å². The van der Waals surface area contributed by atoms with Crippen LogP contribution in [0.2, 0.25) is 0 Å². The molecule has 13 heteroatoms. The SMILES string of the molecule is CCCCC1(CCCC)CS(=O)(=O)c2ccc(N(C)C)cc2C(c2cccc(NC(=O)C(O)C(O)C(O)C(O)CO)c2)N1O. The number of unbranched alkanes of at least 4 members (excludes halogenated alkanes) is 2. The molecule has 246 valence electrons. The van der Waals surface area contributed by atoms with Gasteiger partial charge in [0.1, 0.15) is 18.3 Å². The van der Waals surface area contributed by atoms with E-state index in [0.29, 0.717) is 36.8 Å². The zero-order chi connectivity index (χ0) is 32.8. The minimum absolute atomic E-state index is 0.117. The van der Waals surface area contributed by atoms with Crippen LogP contribution in [0.5, 0.6) is 0 Å². The lowest BCUT2D eigenvalue weighted by Gasteiger charge is -2.42. The van der Waals surface area contributed by atoms with Crippen LogP contribution in [0.4, 0.5) is 11.4 Å². The van der Waals surface area contributed by atoms with Gasteiger partial charge in [0.25, 0.3) is 5.91 Å². The first kappa shape index (κ1) is 35.9. The Morgan fingerprint density at radius 2 is 1.66 bits per heavy atom. The fraction of sp³-hybridized carbons (Fsp3) is 0.581. The van der Waals surface area contributed by atoms with Crippen molar-refractivity contribution in [2.24, 2.45) is 0 Å². The quantitative estimate of drug-likeness (QED) is 0.160. The van der Waals surface area contributed by atoms with Crippen molar-refractivity contribution in [1.82, 2.24) is 5.06 Å². The van der Waals surface area contributed by atoms with Gasteiger partial charge in [0.05, 0.1) is 28.8 Å². The minimum Gasteiger partial charge on any atom is -0.394 e. The molecule has 1 aliphatic heterocycles. The summed E-state index contributed by atoms with van der Waals surface area (Å²) in [5.74, 6) is -1.34. The summed E-state index contributed by atoms with van der Waals surface area (Å²) in [5.41, 5.74) is 0.679. The lowest BCUT2D eigenvalue weighted by Crippen LogP contribution is -2.52. The highest BCUT2D eigenvalue weighted by atomic mass is 32.2. The highest BCUT2D eigenvalue weighted by Crippen LogP contribution is 2.46. The van der Waals surface area contributed by atoms with Gasteiger partial charge in [-0.15, -0.1) is 0 Å². The summed E-state index contributed by atoms with van der Waals surface area (Å²) in [7, 11) is -0.181. The summed E-state index contributed by atoms with van der Waals surface area (Å²) in [4.78, 5) is 14.8. The summed E-state index contributed by atoms with van der Waals surface area (Å²) in [5, 5.41) is 64.8. The number of nitrogens with one attached hydrogen (secondary N) is 1. The van der Waals surface area contributed by atoms with E-state index in [9.17, 15) is 38.8 Å². The molecule has 0 radical (unpaired) electrons. The molecule has 44 heavy (non-hydrogen) atoms. The van der Waals surface area contributed by atoms with Gasteiger partial charge in [-0.05, 0) is 54.3 Å². The molecule has 3 rings (SSSR count). The van der Waals surface area contributed by atoms with Gasteiger partial charge in [-0.25, -0.2) is 8.42 Å². The topological polar surface area (TPSA) is 191 Å². The van der Waals surface area contributed by atoms with Gasteiger partial charge in [-0.1, -0.05) is 51.7 Å². The second-order valence-corrected chi connectivity index (χ2v) is 13.8. The van der Waals surface area contributed by atoms with Crippen molar-refractivity contribution in [2.45, 2.75) is 93.3 Å². The van der Waals surface area contributed by atoms with Crippen LogP contribution in [0.15, 0.2) is 47.4 Å². The standard InChI is InChI=1S/C31H47N3O9S/c1-5-7-14-31(15-8-6-2)19-44(42,43)25-13-12-22(33(3)4)17-23(25)26(34(31)41)20-10-9-11-21(16-20)32-30(40)29(39)28(38)27(37)24(36)18-35/h9-13,16-17,24,26-29,35-39,41H,5-8,14-15,18-19H2,1-4H3,(H,32,40). The molecule has 0 saturated carbocycles. The van der Waals surface area contributed by atoms with Gasteiger partial charge in [0.2, 0.25) is 0 Å². The van der Waals surface area contributed by atoms with Crippen LogP contribution in [0, 0.1) is 0 Å². The van der Waals surface area contributed by atoms with Gasteiger partial charge < -0.3 is 41.0 Å². The molecule has 1 heterocycles. The third-order valence-corrected chi connectivity index (χ3v) is 10.3. The Labute approximate surface area is 259 Å². The van der Waals surface area contributed by atoms with Crippen molar-refractivity contribution >= 4 is 27.1 Å². The van der Waals surface area contributed by atoms with Gasteiger partial charge in [0, 0.05) is 25.5 Å². The van der Waals surface area contributed by atoms with E-state index in [4.69, 9.17) is 5.11 Å². The number of sulfone groups is 1. The first-order valence-electron chi connectivity index (χ1n) is 15.0. The van der Waals surface area contributed by atoms with E-state index in [1.807, 2.05) is 32.8 Å². The van der Waals surface area contributed by atoms with Crippen LogP contribution in [0.1, 0.15) is 69.5 Å². The normalized spacial score (nSPS) is 20.5. The number of hydroxylamine groups is 2. The second kappa shape index (κ2) is 15.1. The Morgan fingerprint density at radius 1 is 1.02 bits per heavy atom. The summed E-state index contributed by atoms with van der Waals surface area (Å²) in [6.07, 6.45) is -4.06. The Hall–Kier alpha value is -2.62. The molecule has 0 spiro atoms. The van der Waals surface area contributed by atoms with Crippen molar-refractivity contribution in [3.63, 3.8) is 0 Å². The zero-order valence-corrected chi connectivity index (χ0v) is 26.6. The van der Waals surface area contributed by atoms with E-state index in [1.54, 1.807) is 36.4 Å². The molecule has 1 aliphatic rings. The predicted octanol–water partition coefficient (Wildman–Crippen LogP) is 1.81. The Kier molecular flexibility index (Phi) is 12.3. The van der Waals surface area contributed by atoms with Gasteiger partial charge in [-0.3, -0.25) is 4.79 Å². The van der Waals surface area contributed by atoms with Crippen molar-refractivity contribution in [3.8, 4) is 0 Å². The van der Waals surface area contributed by atoms with Crippen LogP contribution >= 0.6 is 0 Å². The summed E-state index contributed by atoms with van der Waals surface area (Å²) < 4.78 is 28.0. The smallest absolute Gasteiger partial charge is 0.256 e. The van der Waals surface area contributed by atoms with Crippen LogP contribution in [0.25, 0.3) is 0 Å². The Morgan fingerprint density at radius 3 is 2.23 bits per heavy atom. The molecular weight excluding hydrogens is 590 g/mol. The molecule has 0 fully saturated rings. The Balaban J connectivity index is 2.14. The molecule has 5 unspecified atom stereocenters. The van der Waals surface area contributed by atoms with E-state index >= 15 is 0 Å². The number of amides is 1. The van der Waals surface area contributed by atoms with Crippen LogP contribution in [0.3, 0.4) is 0 Å². The van der Waals surface area contributed by atoms with Crippen molar-refractivity contribution in [3.05, 3.63) is 53.6 Å². The number of hydrogen-bond donors (Lipinski definition) is 7. The molecule has 7 N–H and O–H groups in total. The number of carbonyl (C=O) groups excluding carboxylic acids is 1. The number of nitrogens with zero attached hydrogens (tertiary/aromatic N) is 2. The molecule has 1 amide bonds. The number of fused-ring (bicyclic) bond motifs is 1.